The predicted octanol–water partition coefficient (Wildman–Crippen LogP) is 1.73. The average molecular weight is 227 g/mol. The Morgan fingerprint density at radius 2 is 1.50 bits per heavy atom. The number of nitrogens with two attached hydrogens (primary N) is 1. The van der Waals surface area contributed by atoms with Gasteiger partial charge in [-0.05, 0) is 12.1 Å². The first-order chi connectivity index (χ1) is 5.54. The second-order valence-electron chi connectivity index (χ2n) is 1.67. The molecule has 1 rings (SSSR count). The van der Waals surface area contributed by atoms with Gasteiger partial charge in [-0.25, -0.2) is 0 Å². The Balaban J connectivity index is 0.000000261. The fourth-order valence-electron chi connectivity index (χ4n) is 0.439. The molecule has 2 N–H and O–H groups in total. The molecule has 1 atom stereocenters. The Bertz CT molecular complexity index is 244. The van der Waals surface area contributed by atoms with Crippen LogP contribution in [-0.4, -0.2) is 8.76 Å². The van der Waals surface area contributed by atoms with E-state index < -0.39 is 11.3 Å². The first kappa shape index (κ1) is 11.9. The summed E-state index contributed by atoms with van der Waals surface area (Å²) < 4.78 is 17.6. The van der Waals surface area contributed by atoms with Crippen LogP contribution >= 0.6 is 23.2 Å². The third-order valence-electron chi connectivity index (χ3n) is 0.824. The number of rotatable bonds is 0. The Hall–Kier alpha value is -0.130. The highest BCUT2D eigenvalue weighted by atomic mass is 35.5. The Labute approximate surface area is 82.9 Å². The molecule has 1 aromatic rings. The molecule has 0 spiro atoms. The van der Waals surface area contributed by atoms with Crippen molar-refractivity contribution in [3.8, 4) is 0 Å². The summed E-state index contributed by atoms with van der Waals surface area (Å²) in [5.41, 5.74) is 0. The summed E-state index contributed by atoms with van der Waals surface area (Å²) in [4.78, 5) is 0. The third kappa shape index (κ3) is 6.57. The molecular formula is C6H6Cl2NO2S-. The lowest BCUT2D eigenvalue weighted by Crippen LogP contribution is -1.97. The van der Waals surface area contributed by atoms with Crippen molar-refractivity contribution in [2.75, 3.05) is 0 Å². The van der Waals surface area contributed by atoms with Gasteiger partial charge in [0, 0.05) is 11.3 Å². The van der Waals surface area contributed by atoms with Gasteiger partial charge < -0.3 is 4.55 Å². The molecule has 0 radical (unpaired) electrons. The SMILES string of the molecule is Clc1ccccc1Cl.NS(=O)[O-]. The zero-order valence-electron chi connectivity index (χ0n) is 5.87. The zero-order valence-corrected chi connectivity index (χ0v) is 8.20. The second kappa shape index (κ2) is 6.39. The van der Waals surface area contributed by atoms with E-state index in [9.17, 15) is 0 Å². The van der Waals surface area contributed by atoms with E-state index in [0.29, 0.717) is 10.0 Å². The van der Waals surface area contributed by atoms with Crippen LogP contribution in [0, 0.1) is 0 Å². The standard InChI is InChI=1S/C6H4Cl2.H3NO2S/c7-5-3-1-2-4-6(5)8;1-4(2)3/h1-4H;1H2,(H,2,3)/p-1. The summed E-state index contributed by atoms with van der Waals surface area (Å²) in [7, 11) is 0. The Morgan fingerprint density at radius 3 is 1.67 bits per heavy atom. The van der Waals surface area contributed by atoms with E-state index in [1.54, 1.807) is 12.1 Å². The van der Waals surface area contributed by atoms with Crippen molar-refractivity contribution in [1.82, 2.24) is 0 Å². The van der Waals surface area contributed by atoms with Crippen molar-refractivity contribution < 1.29 is 8.76 Å². The smallest absolute Gasteiger partial charge is 0.0592 e. The van der Waals surface area contributed by atoms with Crippen LogP contribution in [0.5, 0.6) is 0 Å². The van der Waals surface area contributed by atoms with Gasteiger partial charge in [0.25, 0.3) is 0 Å². The maximum Gasteiger partial charge on any atom is 0.0592 e. The van der Waals surface area contributed by atoms with Crippen molar-refractivity contribution in [3.05, 3.63) is 34.3 Å². The van der Waals surface area contributed by atoms with Crippen molar-refractivity contribution in [2.24, 2.45) is 5.14 Å². The van der Waals surface area contributed by atoms with Gasteiger partial charge in [-0.3, -0.25) is 9.35 Å². The molecule has 12 heavy (non-hydrogen) atoms. The van der Waals surface area contributed by atoms with Crippen molar-refractivity contribution in [2.45, 2.75) is 0 Å². The van der Waals surface area contributed by atoms with E-state index in [0.717, 1.165) is 0 Å². The van der Waals surface area contributed by atoms with E-state index in [4.69, 9.17) is 32.0 Å². The van der Waals surface area contributed by atoms with Gasteiger partial charge in [0.1, 0.15) is 0 Å². The van der Waals surface area contributed by atoms with Crippen LogP contribution in [0.3, 0.4) is 0 Å². The minimum Gasteiger partial charge on any atom is -0.760 e. The highest BCUT2D eigenvalue weighted by molar-refractivity contribution is 7.76. The maximum atomic E-state index is 8.78. The Morgan fingerprint density at radius 1 is 1.25 bits per heavy atom. The molecule has 0 fully saturated rings. The third-order valence-corrected chi connectivity index (χ3v) is 1.58. The minimum atomic E-state index is -2.36. The van der Waals surface area contributed by atoms with E-state index in [1.807, 2.05) is 12.1 Å². The molecule has 0 aliphatic carbocycles. The van der Waals surface area contributed by atoms with Gasteiger partial charge in [0.2, 0.25) is 0 Å². The van der Waals surface area contributed by atoms with Crippen LogP contribution in [-0.2, 0) is 11.3 Å². The second-order valence-corrected chi connectivity index (χ2v) is 3.01. The maximum absolute atomic E-state index is 8.78. The number of halogens is 2. The monoisotopic (exact) mass is 226 g/mol. The zero-order chi connectivity index (χ0) is 9.56. The first-order valence-electron chi connectivity index (χ1n) is 2.77. The van der Waals surface area contributed by atoms with E-state index in [-0.39, 0.29) is 0 Å². The normalized spacial score (nSPS) is 11.3. The lowest BCUT2D eigenvalue weighted by molar-refractivity contribution is 0.539. The summed E-state index contributed by atoms with van der Waals surface area (Å²) in [5.74, 6) is 0. The molecular weight excluding hydrogens is 221 g/mol. The molecule has 6 heteroatoms. The molecule has 0 saturated carbocycles. The van der Waals surface area contributed by atoms with Crippen LogP contribution in [0.4, 0.5) is 0 Å². The topological polar surface area (TPSA) is 66.2 Å². The summed E-state index contributed by atoms with van der Waals surface area (Å²) in [6.07, 6.45) is 0. The van der Waals surface area contributed by atoms with Crippen LogP contribution in [0.15, 0.2) is 24.3 Å². The molecule has 0 bridgehead atoms. The molecule has 0 aromatic heterocycles. The van der Waals surface area contributed by atoms with Gasteiger partial charge in [-0.1, -0.05) is 35.3 Å². The predicted molar refractivity (Wildman–Crippen MR) is 49.6 cm³/mol. The molecule has 1 unspecified atom stereocenters. The molecule has 0 amide bonds. The van der Waals surface area contributed by atoms with Gasteiger partial charge >= 0.3 is 0 Å². The van der Waals surface area contributed by atoms with E-state index >= 15 is 0 Å². The van der Waals surface area contributed by atoms with Crippen LogP contribution in [0.2, 0.25) is 10.0 Å². The van der Waals surface area contributed by atoms with Gasteiger partial charge in [-0.2, -0.15) is 0 Å². The van der Waals surface area contributed by atoms with Crippen molar-refractivity contribution in [3.63, 3.8) is 0 Å². The summed E-state index contributed by atoms with van der Waals surface area (Å²) in [6.45, 7) is 0. The largest absolute Gasteiger partial charge is 0.760 e. The molecule has 3 nitrogen and oxygen atoms in total. The van der Waals surface area contributed by atoms with Crippen LogP contribution < -0.4 is 5.14 Å². The minimum absolute atomic E-state index is 0.606. The van der Waals surface area contributed by atoms with E-state index in [2.05, 4.69) is 5.14 Å². The number of hydrogen-bond acceptors (Lipinski definition) is 2. The van der Waals surface area contributed by atoms with Crippen LogP contribution in [0.25, 0.3) is 0 Å². The van der Waals surface area contributed by atoms with Gasteiger partial charge in [0.05, 0.1) is 10.0 Å². The van der Waals surface area contributed by atoms with Crippen molar-refractivity contribution in [1.29, 1.82) is 0 Å². The molecule has 0 heterocycles. The number of benzene rings is 1. The average Bonchev–Trinajstić information content (AvgIpc) is 1.94. The summed E-state index contributed by atoms with van der Waals surface area (Å²) >= 11 is 8.79. The summed E-state index contributed by atoms with van der Waals surface area (Å²) in [5, 5.41) is 5.24. The summed E-state index contributed by atoms with van der Waals surface area (Å²) in [6, 6.07) is 7.19. The quantitative estimate of drug-likeness (QED) is 0.686. The fourth-order valence-corrected chi connectivity index (χ4v) is 0.711. The fraction of sp³-hybridized carbons (Fsp3) is 0. The molecule has 68 valence electrons. The van der Waals surface area contributed by atoms with E-state index in [1.165, 1.54) is 0 Å². The highest BCUT2D eigenvalue weighted by Crippen LogP contribution is 2.19. The van der Waals surface area contributed by atoms with Gasteiger partial charge in [0.15, 0.2) is 0 Å². The van der Waals surface area contributed by atoms with Gasteiger partial charge in [-0.15, -0.1) is 0 Å². The molecule has 0 saturated heterocycles. The molecule has 0 aliphatic rings. The highest BCUT2D eigenvalue weighted by Gasteiger charge is 1.89. The lowest BCUT2D eigenvalue weighted by atomic mass is 10.4. The van der Waals surface area contributed by atoms with Crippen LogP contribution in [0.1, 0.15) is 0 Å². The first-order valence-corrected chi connectivity index (χ1v) is 4.67. The molecule has 1 aromatic carbocycles. The number of hydrogen-bond donors (Lipinski definition) is 1. The van der Waals surface area contributed by atoms with Crippen molar-refractivity contribution >= 4 is 34.5 Å². The molecule has 0 aliphatic heterocycles. The Kier molecular flexibility index (Phi) is 6.32. The lowest BCUT2D eigenvalue weighted by Gasteiger charge is -1.88.